The number of fused-ring (bicyclic) bond motifs is 3. The number of benzene rings is 2. The maximum Gasteiger partial charge on any atom is 0.221 e. The standard InChI is InChI=1S/C21H21N3O2/c1-13(25)23-16-7-8-19-17(11-16)20-18(9-10-26-20)21(2,24-19)15-5-3-14(12-22)4-6-15/h3-8,11,18,20,24H,9-10H2,1-2H3,(H,23,25)/t18-,20-,21-/m1/s1. The lowest BCUT2D eigenvalue weighted by Gasteiger charge is -2.45. The van der Waals surface area contributed by atoms with E-state index in [0.29, 0.717) is 12.2 Å². The first-order chi connectivity index (χ1) is 12.5. The summed E-state index contributed by atoms with van der Waals surface area (Å²) in [7, 11) is 0. The Hall–Kier alpha value is -2.84. The molecule has 0 saturated carbocycles. The van der Waals surface area contributed by atoms with Crippen LogP contribution in [-0.2, 0) is 15.1 Å². The maximum absolute atomic E-state index is 11.4. The van der Waals surface area contributed by atoms with Gasteiger partial charge in [-0.05, 0) is 49.2 Å². The number of carbonyl (C=O) groups excluding carboxylic acids is 1. The van der Waals surface area contributed by atoms with Crippen LogP contribution >= 0.6 is 0 Å². The van der Waals surface area contributed by atoms with Gasteiger partial charge in [-0.3, -0.25) is 4.79 Å². The molecule has 0 bridgehead atoms. The first-order valence-corrected chi connectivity index (χ1v) is 8.83. The van der Waals surface area contributed by atoms with Gasteiger partial charge in [-0.25, -0.2) is 0 Å². The Morgan fingerprint density at radius 3 is 2.77 bits per heavy atom. The van der Waals surface area contributed by atoms with Crippen LogP contribution in [0.2, 0.25) is 0 Å². The number of nitriles is 1. The summed E-state index contributed by atoms with van der Waals surface area (Å²) in [5.74, 6) is 0.190. The van der Waals surface area contributed by atoms with Gasteiger partial charge in [0.25, 0.3) is 0 Å². The van der Waals surface area contributed by atoms with Crippen molar-refractivity contribution >= 4 is 17.3 Å². The molecule has 2 aromatic rings. The Morgan fingerprint density at radius 2 is 2.08 bits per heavy atom. The Kier molecular flexibility index (Phi) is 3.93. The van der Waals surface area contributed by atoms with Gasteiger partial charge < -0.3 is 15.4 Å². The largest absolute Gasteiger partial charge is 0.375 e. The Balaban J connectivity index is 1.76. The van der Waals surface area contributed by atoms with E-state index in [0.717, 1.165) is 28.9 Å². The van der Waals surface area contributed by atoms with Crippen molar-refractivity contribution < 1.29 is 9.53 Å². The molecule has 0 aliphatic carbocycles. The second-order valence-corrected chi connectivity index (χ2v) is 7.19. The van der Waals surface area contributed by atoms with E-state index < -0.39 is 0 Å². The second-order valence-electron chi connectivity index (χ2n) is 7.19. The minimum absolute atomic E-state index is 0.0133. The van der Waals surface area contributed by atoms with Gasteiger partial charge in [-0.15, -0.1) is 0 Å². The molecular weight excluding hydrogens is 326 g/mol. The first-order valence-electron chi connectivity index (χ1n) is 8.83. The third kappa shape index (κ3) is 2.63. The average molecular weight is 347 g/mol. The van der Waals surface area contributed by atoms with Gasteiger partial charge in [0.1, 0.15) is 0 Å². The van der Waals surface area contributed by atoms with Crippen molar-refractivity contribution in [3.63, 3.8) is 0 Å². The predicted octanol–water partition coefficient (Wildman–Crippen LogP) is 3.94. The fraction of sp³-hybridized carbons (Fsp3) is 0.333. The fourth-order valence-corrected chi connectivity index (χ4v) is 4.23. The highest BCUT2D eigenvalue weighted by molar-refractivity contribution is 5.89. The highest BCUT2D eigenvalue weighted by Gasteiger charge is 2.48. The second kappa shape index (κ2) is 6.15. The quantitative estimate of drug-likeness (QED) is 0.863. The van der Waals surface area contributed by atoms with E-state index in [1.54, 1.807) is 0 Å². The van der Waals surface area contributed by atoms with E-state index in [9.17, 15) is 4.79 Å². The van der Waals surface area contributed by atoms with Crippen LogP contribution in [0.15, 0.2) is 42.5 Å². The minimum Gasteiger partial charge on any atom is -0.375 e. The van der Waals surface area contributed by atoms with E-state index in [4.69, 9.17) is 10.00 Å². The van der Waals surface area contributed by atoms with Crippen molar-refractivity contribution in [1.29, 1.82) is 5.26 Å². The summed E-state index contributed by atoms with van der Waals surface area (Å²) in [4.78, 5) is 11.4. The fourth-order valence-electron chi connectivity index (χ4n) is 4.23. The zero-order valence-electron chi connectivity index (χ0n) is 14.9. The molecule has 0 aromatic heterocycles. The molecule has 5 nitrogen and oxygen atoms in total. The predicted molar refractivity (Wildman–Crippen MR) is 99.7 cm³/mol. The van der Waals surface area contributed by atoms with Gasteiger partial charge >= 0.3 is 0 Å². The van der Waals surface area contributed by atoms with Crippen molar-refractivity contribution in [2.75, 3.05) is 17.2 Å². The molecular formula is C21H21N3O2. The number of amides is 1. The number of anilines is 2. The molecule has 3 atom stereocenters. The molecule has 2 aliphatic heterocycles. The number of nitrogens with zero attached hydrogens (tertiary/aromatic N) is 1. The molecule has 2 N–H and O–H groups in total. The lowest BCUT2D eigenvalue weighted by Crippen LogP contribution is -2.44. The highest BCUT2D eigenvalue weighted by Crippen LogP contribution is 2.53. The van der Waals surface area contributed by atoms with Crippen LogP contribution in [0.4, 0.5) is 11.4 Å². The summed E-state index contributed by atoms with van der Waals surface area (Å²) in [5.41, 5.74) is 4.42. The van der Waals surface area contributed by atoms with Gasteiger partial charge in [0, 0.05) is 36.4 Å². The normalized spacial score (nSPS) is 26.2. The highest BCUT2D eigenvalue weighted by atomic mass is 16.5. The van der Waals surface area contributed by atoms with Crippen LogP contribution in [0.3, 0.4) is 0 Å². The zero-order valence-corrected chi connectivity index (χ0v) is 14.9. The lowest BCUT2D eigenvalue weighted by molar-refractivity contribution is -0.114. The number of ether oxygens (including phenoxy) is 1. The summed E-state index contributed by atoms with van der Waals surface area (Å²) >= 11 is 0. The molecule has 2 aliphatic rings. The summed E-state index contributed by atoms with van der Waals surface area (Å²) in [6.07, 6.45) is 0.943. The number of rotatable bonds is 2. The van der Waals surface area contributed by atoms with Crippen molar-refractivity contribution in [3.8, 4) is 6.07 Å². The molecule has 0 spiro atoms. The zero-order chi connectivity index (χ0) is 18.3. The summed E-state index contributed by atoms with van der Waals surface area (Å²) in [6.45, 7) is 4.42. The van der Waals surface area contributed by atoms with Crippen LogP contribution in [-0.4, -0.2) is 12.5 Å². The number of nitrogens with one attached hydrogen (secondary N) is 2. The summed E-state index contributed by atoms with van der Waals surface area (Å²) < 4.78 is 6.10. The molecule has 5 heteroatoms. The van der Waals surface area contributed by atoms with Crippen LogP contribution in [0.1, 0.15) is 43.1 Å². The van der Waals surface area contributed by atoms with E-state index in [1.807, 2.05) is 42.5 Å². The van der Waals surface area contributed by atoms with Crippen molar-refractivity contribution in [1.82, 2.24) is 0 Å². The number of hydrogen-bond acceptors (Lipinski definition) is 4. The SMILES string of the molecule is CC(=O)Nc1ccc2c(c1)[C@H]1OCC[C@H]1[C@@](C)(c1ccc(C#N)cc1)N2. The molecule has 1 amide bonds. The summed E-state index contributed by atoms with van der Waals surface area (Å²) in [6, 6.07) is 15.9. The smallest absolute Gasteiger partial charge is 0.221 e. The van der Waals surface area contributed by atoms with Gasteiger partial charge in [0.15, 0.2) is 0 Å². The van der Waals surface area contributed by atoms with Gasteiger partial charge in [-0.2, -0.15) is 5.26 Å². The summed E-state index contributed by atoms with van der Waals surface area (Å²) in [5, 5.41) is 15.6. The molecule has 1 saturated heterocycles. The van der Waals surface area contributed by atoms with Crippen LogP contribution in [0.25, 0.3) is 0 Å². The molecule has 2 heterocycles. The topological polar surface area (TPSA) is 74.1 Å². The number of carbonyl (C=O) groups is 1. The van der Waals surface area contributed by atoms with Crippen molar-refractivity contribution in [2.45, 2.75) is 31.9 Å². The average Bonchev–Trinajstić information content (AvgIpc) is 3.13. The Bertz CT molecular complexity index is 900. The van der Waals surface area contributed by atoms with E-state index in [1.165, 1.54) is 6.92 Å². The monoisotopic (exact) mass is 347 g/mol. The van der Waals surface area contributed by atoms with E-state index in [-0.39, 0.29) is 23.5 Å². The Labute approximate surface area is 153 Å². The van der Waals surface area contributed by atoms with E-state index in [2.05, 4.69) is 23.6 Å². The minimum atomic E-state index is -0.280. The van der Waals surface area contributed by atoms with Gasteiger partial charge in [0.05, 0.1) is 23.3 Å². The van der Waals surface area contributed by atoms with Crippen molar-refractivity contribution in [2.24, 2.45) is 5.92 Å². The van der Waals surface area contributed by atoms with Gasteiger partial charge in [-0.1, -0.05) is 12.1 Å². The number of hydrogen-bond donors (Lipinski definition) is 2. The third-order valence-corrected chi connectivity index (χ3v) is 5.52. The third-order valence-electron chi connectivity index (χ3n) is 5.52. The molecule has 0 radical (unpaired) electrons. The lowest BCUT2D eigenvalue weighted by atomic mass is 9.71. The molecule has 26 heavy (non-hydrogen) atoms. The maximum atomic E-state index is 11.4. The Morgan fingerprint density at radius 1 is 1.31 bits per heavy atom. The van der Waals surface area contributed by atoms with Gasteiger partial charge in [0.2, 0.25) is 5.91 Å². The van der Waals surface area contributed by atoms with Crippen molar-refractivity contribution in [3.05, 3.63) is 59.2 Å². The molecule has 1 fully saturated rings. The molecule has 0 unspecified atom stereocenters. The van der Waals surface area contributed by atoms with Crippen LogP contribution in [0.5, 0.6) is 0 Å². The molecule has 4 rings (SSSR count). The van der Waals surface area contributed by atoms with Crippen LogP contribution < -0.4 is 10.6 Å². The first kappa shape index (κ1) is 16.6. The molecule has 132 valence electrons. The van der Waals surface area contributed by atoms with E-state index >= 15 is 0 Å². The molecule has 2 aromatic carbocycles. The van der Waals surface area contributed by atoms with Crippen LogP contribution in [0, 0.1) is 17.2 Å².